The first-order valence-corrected chi connectivity index (χ1v) is 7.31. The number of carbonyl (C=O) groups is 1. The lowest BCUT2D eigenvalue weighted by atomic mass is 10.1. The molecule has 23 heavy (non-hydrogen) atoms. The third kappa shape index (κ3) is 2.99. The molecule has 0 amide bonds. The fourth-order valence-corrected chi connectivity index (χ4v) is 2.52. The number of carbonyl (C=O) groups excluding carboxylic acids is 1. The standard InChI is InChI=1S/C18H17N3O2/c1-13-8-9-18(23-2)17(10-13)21-16(15(12-22)19-20-21)11-14-6-4-3-5-7-14/h3-10,12H,11H2,1-2H3. The maximum atomic E-state index is 11.3. The molecule has 0 aliphatic rings. The van der Waals surface area contributed by atoms with Crippen molar-refractivity contribution in [1.29, 1.82) is 0 Å². The van der Waals surface area contributed by atoms with Gasteiger partial charge in [-0.05, 0) is 30.2 Å². The van der Waals surface area contributed by atoms with Crippen molar-refractivity contribution < 1.29 is 9.53 Å². The Morgan fingerprint density at radius 1 is 1.17 bits per heavy atom. The molecule has 1 heterocycles. The van der Waals surface area contributed by atoms with Crippen LogP contribution < -0.4 is 4.74 Å². The molecule has 0 bridgehead atoms. The Hall–Kier alpha value is -2.95. The van der Waals surface area contributed by atoms with Gasteiger partial charge in [-0.3, -0.25) is 4.79 Å². The molecule has 116 valence electrons. The smallest absolute Gasteiger partial charge is 0.172 e. The van der Waals surface area contributed by atoms with Gasteiger partial charge in [-0.15, -0.1) is 5.10 Å². The van der Waals surface area contributed by atoms with Crippen LogP contribution in [0.3, 0.4) is 0 Å². The molecule has 0 spiro atoms. The lowest BCUT2D eigenvalue weighted by Gasteiger charge is -2.12. The van der Waals surface area contributed by atoms with Crippen LogP contribution in [0.15, 0.2) is 48.5 Å². The molecule has 0 fully saturated rings. The lowest BCUT2D eigenvalue weighted by Crippen LogP contribution is -2.06. The van der Waals surface area contributed by atoms with Crippen LogP contribution in [0, 0.1) is 6.92 Å². The number of hydrogen-bond acceptors (Lipinski definition) is 4. The second-order valence-electron chi connectivity index (χ2n) is 5.29. The van der Waals surface area contributed by atoms with E-state index in [0.29, 0.717) is 17.9 Å². The molecule has 5 heteroatoms. The summed E-state index contributed by atoms with van der Waals surface area (Å²) in [4.78, 5) is 11.3. The second-order valence-corrected chi connectivity index (χ2v) is 5.29. The minimum atomic E-state index is 0.345. The molecule has 5 nitrogen and oxygen atoms in total. The number of hydrogen-bond donors (Lipinski definition) is 0. The van der Waals surface area contributed by atoms with Gasteiger partial charge < -0.3 is 4.74 Å². The van der Waals surface area contributed by atoms with Gasteiger partial charge >= 0.3 is 0 Å². The van der Waals surface area contributed by atoms with E-state index in [4.69, 9.17) is 4.74 Å². The summed E-state index contributed by atoms with van der Waals surface area (Å²) in [7, 11) is 1.61. The molecule has 3 aromatic rings. The lowest BCUT2D eigenvalue weighted by molar-refractivity contribution is 0.111. The largest absolute Gasteiger partial charge is 0.494 e. The normalized spacial score (nSPS) is 10.5. The Morgan fingerprint density at radius 2 is 1.96 bits per heavy atom. The zero-order chi connectivity index (χ0) is 16.2. The molecule has 0 radical (unpaired) electrons. The molecular formula is C18H17N3O2. The van der Waals surface area contributed by atoms with Gasteiger partial charge in [0.1, 0.15) is 17.1 Å². The average Bonchev–Trinajstić information content (AvgIpc) is 2.98. The third-order valence-electron chi connectivity index (χ3n) is 3.68. The van der Waals surface area contributed by atoms with Crippen molar-refractivity contribution >= 4 is 6.29 Å². The number of benzene rings is 2. The van der Waals surface area contributed by atoms with Crippen LogP contribution in [0.1, 0.15) is 27.3 Å². The van der Waals surface area contributed by atoms with Gasteiger partial charge in [0.05, 0.1) is 12.8 Å². The number of nitrogens with zero attached hydrogens (tertiary/aromatic N) is 3. The van der Waals surface area contributed by atoms with Gasteiger partial charge in [0.25, 0.3) is 0 Å². The number of methoxy groups -OCH3 is 1. The Balaban J connectivity index is 2.12. The van der Waals surface area contributed by atoms with Gasteiger partial charge in [0.2, 0.25) is 0 Å². The SMILES string of the molecule is COc1ccc(C)cc1-n1nnc(C=O)c1Cc1ccccc1. The first kappa shape index (κ1) is 15.0. The van der Waals surface area contributed by atoms with Crippen LogP contribution in [0.25, 0.3) is 5.69 Å². The summed E-state index contributed by atoms with van der Waals surface area (Å²) < 4.78 is 7.11. The minimum Gasteiger partial charge on any atom is -0.494 e. The third-order valence-corrected chi connectivity index (χ3v) is 3.68. The number of rotatable bonds is 5. The molecule has 0 aliphatic carbocycles. The fraction of sp³-hybridized carbons (Fsp3) is 0.167. The van der Waals surface area contributed by atoms with Crippen molar-refractivity contribution in [3.05, 3.63) is 71.0 Å². The average molecular weight is 307 g/mol. The summed E-state index contributed by atoms with van der Waals surface area (Å²) in [5.41, 5.74) is 4.03. The van der Waals surface area contributed by atoms with Crippen molar-refractivity contribution in [3.8, 4) is 11.4 Å². The molecule has 0 saturated carbocycles. The Morgan fingerprint density at radius 3 is 2.65 bits per heavy atom. The highest BCUT2D eigenvalue weighted by Crippen LogP contribution is 2.26. The highest BCUT2D eigenvalue weighted by molar-refractivity contribution is 5.74. The number of aldehydes is 1. The molecule has 0 unspecified atom stereocenters. The van der Waals surface area contributed by atoms with E-state index in [2.05, 4.69) is 10.3 Å². The summed E-state index contributed by atoms with van der Waals surface area (Å²) in [6.07, 6.45) is 1.31. The Bertz CT molecular complexity index is 826. The summed E-state index contributed by atoms with van der Waals surface area (Å²) in [6.45, 7) is 2.00. The van der Waals surface area contributed by atoms with Crippen molar-refractivity contribution in [2.45, 2.75) is 13.3 Å². The highest BCUT2D eigenvalue weighted by atomic mass is 16.5. The molecule has 0 aliphatic heterocycles. The topological polar surface area (TPSA) is 57.0 Å². The van der Waals surface area contributed by atoms with E-state index in [-0.39, 0.29) is 0 Å². The monoisotopic (exact) mass is 307 g/mol. The molecule has 0 N–H and O–H groups in total. The van der Waals surface area contributed by atoms with Crippen LogP contribution in [0.4, 0.5) is 0 Å². The van der Waals surface area contributed by atoms with Crippen LogP contribution in [-0.2, 0) is 6.42 Å². The van der Waals surface area contributed by atoms with E-state index >= 15 is 0 Å². The first-order chi connectivity index (χ1) is 11.2. The van der Waals surface area contributed by atoms with Crippen molar-refractivity contribution in [1.82, 2.24) is 15.0 Å². The Labute approximate surface area is 134 Å². The quantitative estimate of drug-likeness (QED) is 0.680. The predicted molar refractivity (Wildman–Crippen MR) is 87.3 cm³/mol. The number of ether oxygens (including phenoxy) is 1. The molecule has 0 atom stereocenters. The van der Waals surface area contributed by atoms with Gasteiger partial charge in [0, 0.05) is 6.42 Å². The maximum Gasteiger partial charge on any atom is 0.172 e. The van der Waals surface area contributed by atoms with Crippen LogP contribution >= 0.6 is 0 Å². The van der Waals surface area contributed by atoms with Gasteiger partial charge in [-0.2, -0.15) is 0 Å². The van der Waals surface area contributed by atoms with E-state index in [1.54, 1.807) is 11.8 Å². The van der Waals surface area contributed by atoms with E-state index in [0.717, 1.165) is 28.8 Å². The van der Waals surface area contributed by atoms with Crippen molar-refractivity contribution in [2.24, 2.45) is 0 Å². The second kappa shape index (κ2) is 6.44. The van der Waals surface area contributed by atoms with Crippen LogP contribution in [0.5, 0.6) is 5.75 Å². The summed E-state index contributed by atoms with van der Waals surface area (Å²) >= 11 is 0. The fourth-order valence-electron chi connectivity index (χ4n) is 2.52. The molecule has 0 saturated heterocycles. The highest BCUT2D eigenvalue weighted by Gasteiger charge is 2.17. The molecule has 2 aromatic carbocycles. The molecule has 1 aromatic heterocycles. The number of aromatic nitrogens is 3. The summed E-state index contributed by atoms with van der Waals surface area (Å²) in [5.74, 6) is 0.687. The van der Waals surface area contributed by atoms with E-state index in [1.807, 2.05) is 55.5 Å². The maximum absolute atomic E-state index is 11.3. The van der Waals surface area contributed by atoms with Gasteiger partial charge in [-0.1, -0.05) is 41.6 Å². The van der Waals surface area contributed by atoms with Gasteiger partial charge in [-0.25, -0.2) is 4.68 Å². The first-order valence-electron chi connectivity index (χ1n) is 7.31. The zero-order valence-electron chi connectivity index (χ0n) is 13.1. The van der Waals surface area contributed by atoms with E-state index in [1.165, 1.54) is 0 Å². The predicted octanol–water partition coefficient (Wildman–Crippen LogP) is 2.99. The molecule has 3 rings (SSSR count). The number of aryl methyl sites for hydroxylation is 1. The Kier molecular flexibility index (Phi) is 4.19. The van der Waals surface area contributed by atoms with E-state index < -0.39 is 0 Å². The molecular weight excluding hydrogens is 290 g/mol. The van der Waals surface area contributed by atoms with E-state index in [9.17, 15) is 4.79 Å². The van der Waals surface area contributed by atoms with Crippen LogP contribution in [-0.4, -0.2) is 28.4 Å². The summed E-state index contributed by atoms with van der Waals surface area (Å²) in [5, 5.41) is 8.16. The van der Waals surface area contributed by atoms with Gasteiger partial charge in [0.15, 0.2) is 6.29 Å². The van der Waals surface area contributed by atoms with Crippen LogP contribution in [0.2, 0.25) is 0 Å². The zero-order valence-corrected chi connectivity index (χ0v) is 13.1. The summed E-state index contributed by atoms with van der Waals surface area (Å²) in [6, 6.07) is 15.8. The van der Waals surface area contributed by atoms with Crippen molar-refractivity contribution in [2.75, 3.05) is 7.11 Å². The van der Waals surface area contributed by atoms with Crippen molar-refractivity contribution in [3.63, 3.8) is 0 Å². The minimum absolute atomic E-state index is 0.345.